The summed E-state index contributed by atoms with van der Waals surface area (Å²) >= 11 is 0. The van der Waals surface area contributed by atoms with E-state index < -0.39 is 0 Å². The summed E-state index contributed by atoms with van der Waals surface area (Å²) in [6, 6.07) is 11.1. The van der Waals surface area contributed by atoms with Crippen LogP contribution in [0.3, 0.4) is 0 Å². The summed E-state index contributed by atoms with van der Waals surface area (Å²) in [5.41, 5.74) is 2.47. The summed E-state index contributed by atoms with van der Waals surface area (Å²) in [4.78, 5) is 27.4. The molecule has 5 heteroatoms. The number of amides is 1. The predicted octanol–water partition coefficient (Wildman–Crippen LogP) is 2.65. The van der Waals surface area contributed by atoms with Crippen LogP contribution in [0.1, 0.15) is 35.7 Å². The van der Waals surface area contributed by atoms with Gasteiger partial charge in [0, 0.05) is 12.3 Å². The Morgan fingerprint density at radius 2 is 2.17 bits per heavy atom. The Labute approximate surface area is 141 Å². The maximum atomic E-state index is 12.3. The van der Waals surface area contributed by atoms with Crippen LogP contribution in [0.5, 0.6) is 0 Å². The Morgan fingerprint density at radius 1 is 1.33 bits per heavy atom. The maximum Gasteiger partial charge on any atom is 0.261 e. The summed E-state index contributed by atoms with van der Waals surface area (Å²) < 4.78 is 5.57. The van der Waals surface area contributed by atoms with Gasteiger partial charge in [-0.25, -0.2) is 0 Å². The van der Waals surface area contributed by atoms with Crippen LogP contribution in [-0.4, -0.2) is 29.6 Å². The van der Waals surface area contributed by atoms with Gasteiger partial charge in [0.05, 0.1) is 12.1 Å². The van der Waals surface area contributed by atoms with Crippen molar-refractivity contribution in [3.05, 3.63) is 57.9 Å². The molecule has 3 rings (SSSR count). The van der Waals surface area contributed by atoms with Crippen LogP contribution in [0.25, 0.3) is 11.3 Å². The first-order chi connectivity index (χ1) is 11.5. The molecule has 0 unspecified atom stereocenters. The van der Waals surface area contributed by atoms with Gasteiger partial charge in [-0.05, 0) is 50.5 Å². The number of hydrogen-bond donors (Lipinski definition) is 2. The van der Waals surface area contributed by atoms with Gasteiger partial charge >= 0.3 is 0 Å². The summed E-state index contributed by atoms with van der Waals surface area (Å²) in [5, 5.41) is 2.86. The van der Waals surface area contributed by atoms with Crippen molar-refractivity contribution in [3.8, 4) is 11.3 Å². The first-order valence-corrected chi connectivity index (χ1v) is 8.27. The third-order valence-electron chi connectivity index (χ3n) is 4.36. The topological polar surface area (TPSA) is 71.2 Å². The summed E-state index contributed by atoms with van der Waals surface area (Å²) in [7, 11) is 0. The molecule has 0 saturated carbocycles. The Bertz CT molecular complexity index is 791. The number of carbonyl (C=O) groups excluding carboxylic acids is 1. The van der Waals surface area contributed by atoms with Crippen molar-refractivity contribution >= 4 is 5.91 Å². The molecule has 1 aliphatic heterocycles. The average Bonchev–Trinajstić information content (AvgIpc) is 3.09. The van der Waals surface area contributed by atoms with Gasteiger partial charge in [0.25, 0.3) is 11.5 Å². The third kappa shape index (κ3) is 3.57. The minimum atomic E-state index is -0.383. The van der Waals surface area contributed by atoms with Gasteiger partial charge < -0.3 is 15.0 Å². The minimum absolute atomic E-state index is 0.0274. The van der Waals surface area contributed by atoms with Crippen molar-refractivity contribution in [1.29, 1.82) is 0 Å². The smallest absolute Gasteiger partial charge is 0.261 e. The highest BCUT2D eigenvalue weighted by Crippen LogP contribution is 2.18. The van der Waals surface area contributed by atoms with Crippen molar-refractivity contribution in [2.24, 2.45) is 0 Å². The standard InChI is InChI=1S/C19H22N2O3/c1-12-5-3-6-14(11-12)16-9-8-15(19(23)21-16)18(22)20-13(2)17-7-4-10-24-17/h3,5-6,8-9,11,13,17H,4,7,10H2,1-2H3,(H,20,22)(H,21,23)/t13-,17-/m0/s1. The molecule has 0 radical (unpaired) electrons. The molecule has 24 heavy (non-hydrogen) atoms. The van der Waals surface area contributed by atoms with Crippen molar-refractivity contribution in [1.82, 2.24) is 10.3 Å². The predicted molar refractivity (Wildman–Crippen MR) is 93.1 cm³/mol. The number of pyridine rings is 1. The molecule has 1 aromatic carbocycles. The van der Waals surface area contributed by atoms with Gasteiger partial charge in [0.1, 0.15) is 5.56 Å². The molecule has 1 aromatic heterocycles. The van der Waals surface area contributed by atoms with Gasteiger partial charge in [-0.2, -0.15) is 0 Å². The lowest BCUT2D eigenvalue weighted by Gasteiger charge is -2.19. The van der Waals surface area contributed by atoms with Crippen molar-refractivity contribution in [2.45, 2.75) is 38.8 Å². The highest BCUT2D eigenvalue weighted by Gasteiger charge is 2.24. The Morgan fingerprint density at radius 3 is 2.83 bits per heavy atom. The second kappa shape index (κ2) is 7.01. The molecule has 1 fully saturated rings. The highest BCUT2D eigenvalue weighted by molar-refractivity contribution is 5.94. The molecule has 2 heterocycles. The van der Waals surface area contributed by atoms with Crippen LogP contribution < -0.4 is 10.9 Å². The fourth-order valence-electron chi connectivity index (χ4n) is 3.01. The maximum absolute atomic E-state index is 12.3. The largest absolute Gasteiger partial charge is 0.376 e. The molecule has 1 aliphatic rings. The molecule has 1 amide bonds. The SMILES string of the molecule is Cc1cccc(-c2ccc(C(=O)N[C@@H](C)[C@@H]3CCCO3)c(=O)[nH]2)c1. The van der Waals surface area contributed by atoms with E-state index in [1.807, 2.05) is 38.1 Å². The first-order valence-electron chi connectivity index (χ1n) is 8.27. The van der Waals surface area contributed by atoms with E-state index in [1.54, 1.807) is 12.1 Å². The van der Waals surface area contributed by atoms with Gasteiger partial charge in [-0.3, -0.25) is 9.59 Å². The number of aryl methyl sites for hydroxylation is 1. The fourth-order valence-corrected chi connectivity index (χ4v) is 3.01. The van der Waals surface area contributed by atoms with Crippen LogP contribution >= 0.6 is 0 Å². The molecule has 126 valence electrons. The summed E-state index contributed by atoms with van der Waals surface area (Å²) in [6.45, 7) is 4.63. The lowest BCUT2D eigenvalue weighted by molar-refractivity contribution is 0.0711. The lowest BCUT2D eigenvalue weighted by Crippen LogP contribution is -2.42. The highest BCUT2D eigenvalue weighted by atomic mass is 16.5. The number of ether oxygens (including phenoxy) is 1. The van der Waals surface area contributed by atoms with Crippen molar-refractivity contribution in [3.63, 3.8) is 0 Å². The number of aromatic nitrogens is 1. The van der Waals surface area contributed by atoms with E-state index in [4.69, 9.17) is 4.74 Å². The minimum Gasteiger partial charge on any atom is -0.376 e. The lowest BCUT2D eigenvalue weighted by atomic mass is 10.1. The van der Waals surface area contributed by atoms with Gasteiger partial charge in [-0.15, -0.1) is 0 Å². The third-order valence-corrected chi connectivity index (χ3v) is 4.36. The van der Waals surface area contributed by atoms with Gasteiger partial charge in [-0.1, -0.05) is 23.8 Å². The normalized spacial score (nSPS) is 18.3. The molecule has 2 aromatic rings. The summed E-state index contributed by atoms with van der Waals surface area (Å²) in [5.74, 6) is -0.366. The van der Waals surface area contributed by atoms with E-state index >= 15 is 0 Å². The van der Waals surface area contributed by atoms with Crippen LogP contribution in [0, 0.1) is 6.92 Å². The Hall–Kier alpha value is -2.40. The van der Waals surface area contributed by atoms with Crippen molar-refractivity contribution in [2.75, 3.05) is 6.61 Å². The fraction of sp³-hybridized carbons (Fsp3) is 0.368. The molecule has 2 atom stereocenters. The van der Waals surface area contributed by atoms with E-state index in [0.29, 0.717) is 5.69 Å². The molecule has 0 spiro atoms. The van der Waals surface area contributed by atoms with E-state index in [1.165, 1.54) is 0 Å². The number of carbonyl (C=O) groups is 1. The van der Waals surface area contributed by atoms with Crippen molar-refractivity contribution < 1.29 is 9.53 Å². The van der Waals surface area contributed by atoms with Crippen LogP contribution in [0.4, 0.5) is 0 Å². The molecule has 5 nitrogen and oxygen atoms in total. The molecule has 0 bridgehead atoms. The van der Waals surface area contributed by atoms with E-state index in [-0.39, 0.29) is 29.2 Å². The Balaban J connectivity index is 1.77. The zero-order valence-corrected chi connectivity index (χ0v) is 14.0. The second-order valence-corrected chi connectivity index (χ2v) is 6.30. The van der Waals surface area contributed by atoms with Crippen LogP contribution in [-0.2, 0) is 4.74 Å². The molecule has 2 N–H and O–H groups in total. The summed E-state index contributed by atoms with van der Waals surface area (Å²) in [6.07, 6.45) is 1.97. The van der Waals surface area contributed by atoms with E-state index in [2.05, 4.69) is 10.3 Å². The number of H-pyrrole nitrogens is 1. The Kier molecular flexibility index (Phi) is 4.81. The van der Waals surface area contributed by atoms with E-state index in [9.17, 15) is 9.59 Å². The number of aromatic amines is 1. The molecule has 0 aliphatic carbocycles. The number of benzene rings is 1. The first kappa shape index (κ1) is 16.5. The molecular formula is C19H22N2O3. The number of nitrogens with one attached hydrogen (secondary N) is 2. The zero-order chi connectivity index (χ0) is 17.1. The molecular weight excluding hydrogens is 304 g/mol. The quantitative estimate of drug-likeness (QED) is 0.907. The molecule has 1 saturated heterocycles. The number of hydrogen-bond acceptors (Lipinski definition) is 3. The zero-order valence-electron chi connectivity index (χ0n) is 14.0. The van der Waals surface area contributed by atoms with Gasteiger partial charge in [0.2, 0.25) is 0 Å². The van der Waals surface area contributed by atoms with E-state index in [0.717, 1.165) is 30.6 Å². The van der Waals surface area contributed by atoms with Crippen LogP contribution in [0.15, 0.2) is 41.2 Å². The van der Waals surface area contributed by atoms with Gasteiger partial charge in [0.15, 0.2) is 0 Å². The average molecular weight is 326 g/mol. The number of rotatable bonds is 4. The monoisotopic (exact) mass is 326 g/mol. The van der Waals surface area contributed by atoms with Crippen LogP contribution in [0.2, 0.25) is 0 Å². The second-order valence-electron chi connectivity index (χ2n) is 6.30.